The van der Waals surface area contributed by atoms with Crippen molar-refractivity contribution in [2.24, 2.45) is 0 Å². The van der Waals surface area contributed by atoms with E-state index in [0.29, 0.717) is 29.9 Å². The van der Waals surface area contributed by atoms with Crippen molar-refractivity contribution in [3.63, 3.8) is 0 Å². The van der Waals surface area contributed by atoms with E-state index < -0.39 is 29.5 Å². The number of rotatable bonds is 7. The van der Waals surface area contributed by atoms with Crippen LogP contribution in [0.2, 0.25) is 5.02 Å². The number of hydrogen-bond donors (Lipinski definition) is 4. The van der Waals surface area contributed by atoms with Crippen molar-refractivity contribution in [1.29, 1.82) is 0 Å². The minimum absolute atomic E-state index is 0.00588. The Bertz CT molecular complexity index is 1390. The van der Waals surface area contributed by atoms with Gasteiger partial charge in [-0.2, -0.15) is 20.5 Å². The lowest BCUT2D eigenvalue weighted by atomic mass is 10.0. The number of anilines is 1. The van der Waals surface area contributed by atoms with E-state index >= 15 is 0 Å². The van der Waals surface area contributed by atoms with E-state index in [1.165, 1.54) is 6.07 Å². The van der Waals surface area contributed by atoms with E-state index in [0.717, 1.165) is 11.1 Å². The summed E-state index contributed by atoms with van der Waals surface area (Å²) < 4.78 is 26.8. The van der Waals surface area contributed by atoms with Gasteiger partial charge in [0.15, 0.2) is 17.5 Å². The molecule has 0 saturated carbocycles. The van der Waals surface area contributed by atoms with Crippen LogP contribution in [0.25, 0.3) is 0 Å². The first-order valence-electron chi connectivity index (χ1n) is 10.5. The Balaban J connectivity index is 1.49. The van der Waals surface area contributed by atoms with Gasteiger partial charge in [-0.1, -0.05) is 41.4 Å². The highest BCUT2D eigenvalue weighted by molar-refractivity contribution is 6.34. The lowest BCUT2D eigenvalue weighted by Gasteiger charge is -2.17. The van der Waals surface area contributed by atoms with Gasteiger partial charge >= 0.3 is 0 Å². The number of nitrogens with zero attached hydrogens (tertiary/aromatic N) is 3. The Morgan fingerprint density at radius 2 is 1.71 bits per heavy atom. The van der Waals surface area contributed by atoms with Crippen LogP contribution < -0.4 is 10.6 Å². The highest BCUT2D eigenvalue weighted by Gasteiger charge is 2.23. The highest BCUT2D eigenvalue weighted by atomic mass is 35.5. The maximum atomic E-state index is 13.5. The zero-order valence-electron chi connectivity index (χ0n) is 18.6. The monoisotopic (exact) mass is 499 g/mol. The lowest BCUT2D eigenvalue weighted by molar-refractivity contribution is 0.0929. The average Bonchev–Trinajstić information content (AvgIpc) is 3.46. The molecular formula is C23H20ClF2N7O2. The molecule has 0 bridgehead atoms. The number of carbonyl (C=O) groups is 2. The summed E-state index contributed by atoms with van der Waals surface area (Å²) >= 11 is 5.84. The Hall–Kier alpha value is -4.12. The summed E-state index contributed by atoms with van der Waals surface area (Å²) in [5.74, 6) is -3.71. The van der Waals surface area contributed by atoms with Crippen molar-refractivity contribution in [1.82, 2.24) is 30.9 Å². The Labute approximate surface area is 203 Å². The van der Waals surface area contributed by atoms with Crippen LogP contribution in [-0.4, -0.2) is 37.4 Å². The SMILES string of the molecule is Cc1ccc(CC(NC(=O)c2cc(NC(=O)c3cc(F)c(F)cc3Cl)n[nH]2)c2n[nH]nc2C)cc1. The molecule has 0 saturated heterocycles. The Morgan fingerprint density at radius 3 is 2.40 bits per heavy atom. The number of benzene rings is 2. The molecule has 2 aromatic carbocycles. The molecule has 9 nitrogen and oxygen atoms in total. The van der Waals surface area contributed by atoms with Gasteiger partial charge in [-0.3, -0.25) is 14.7 Å². The van der Waals surface area contributed by atoms with Crippen LogP contribution in [0.15, 0.2) is 42.5 Å². The van der Waals surface area contributed by atoms with E-state index in [1.54, 1.807) is 6.92 Å². The molecule has 2 heterocycles. The maximum absolute atomic E-state index is 13.5. The van der Waals surface area contributed by atoms with Crippen molar-refractivity contribution < 1.29 is 18.4 Å². The smallest absolute Gasteiger partial charge is 0.269 e. The Kier molecular flexibility index (Phi) is 6.87. The summed E-state index contributed by atoms with van der Waals surface area (Å²) in [6, 6.07) is 10.1. The van der Waals surface area contributed by atoms with Crippen LogP contribution >= 0.6 is 11.6 Å². The molecule has 0 aliphatic rings. The lowest BCUT2D eigenvalue weighted by Crippen LogP contribution is -2.31. The number of halogens is 3. The number of hydrogen-bond acceptors (Lipinski definition) is 5. The van der Waals surface area contributed by atoms with Gasteiger partial charge in [0.05, 0.1) is 22.3 Å². The second kappa shape index (κ2) is 10.0. The van der Waals surface area contributed by atoms with Crippen LogP contribution in [0.3, 0.4) is 0 Å². The second-order valence-corrected chi connectivity index (χ2v) is 8.28. The Morgan fingerprint density at radius 1 is 1.00 bits per heavy atom. The first-order chi connectivity index (χ1) is 16.7. The number of aryl methyl sites for hydroxylation is 2. The molecule has 1 atom stereocenters. The molecule has 180 valence electrons. The largest absolute Gasteiger partial charge is 0.342 e. The molecule has 4 rings (SSSR count). The first-order valence-corrected chi connectivity index (χ1v) is 10.8. The van der Waals surface area contributed by atoms with Crippen LogP contribution in [0, 0.1) is 25.5 Å². The molecule has 2 aromatic heterocycles. The fourth-order valence-electron chi connectivity index (χ4n) is 3.42. The molecule has 4 aromatic rings. The topological polar surface area (TPSA) is 128 Å². The van der Waals surface area contributed by atoms with E-state index in [-0.39, 0.29) is 22.1 Å². The molecule has 2 amide bonds. The van der Waals surface area contributed by atoms with Crippen molar-refractivity contribution in [3.05, 3.63) is 92.9 Å². The summed E-state index contributed by atoms with van der Waals surface area (Å²) in [6.07, 6.45) is 0.464. The highest BCUT2D eigenvalue weighted by Crippen LogP contribution is 2.22. The number of carbonyl (C=O) groups excluding carboxylic acids is 2. The van der Waals surface area contributed by atoms with Crippen molar-refractivity contribution in [2.75, 3.05) is 5.32 Å². The summed E-state index contributed by atoms with van der Waals surface area (Å²) in [4.78, 5) is 25.4. The van der Waals surface area contributed by atoms with E-state index in [1.807, 2.05) is 31.2 Å². The zero-order chi connectivity index (χ0) is 25.1. The van der Waals surface area contributed by atoms with Crippen LogP contribution in [-0.2, 0) is 6.42 Å². The molecule has 12 heteroatoms. The van der Waals surface area contributed by atoms with E-state index in [4.69, 9.17) is 11.6 Å². The zero-order valence-corrected chi connectivity index (χ0v) is 19.4. The normalized spacial score (nSPS) is 11.8. The third-order valence-electron chi connectivity index (χ3n) is 5.27. The maximum Gasteiger partial charge on any atom is 0.269 e. The molecule has 0 aliphatic heterocycles. The minimum atomic E-state index is -1.22. The summed E-state index contributed by atoms with van der Waals surface area (Å²) in [7, 11) is 0. The van der Waals surface area contributed by atoms with Crippen LogP contribution in [0.5, 0.6) is 0 Å². The van der Waals surface area contributed by atoms with E-state index in [2.05, 4.69) is 36.2 Å². The van der Waals surface area contributed by atoms with Crippen molar-refractivity contribution >= 4 is 29.2 Å². The summed E-state index contributed by atoms with van der Waals surface area (Å²) in [5, 5.41) is 22.2. The molecule has 4 N–H and O–H groups in total. The number of nitrogens with one attached hydrogen (secondary N) is 4. The molecular weight excluding hydrogens is 480 g/mol. The molecule has 35 heavy (non-hydrogen) atoms. The van der Waals surface area contributed by atoms with Gasteiger partial charge < -0.3 is 10.6 Å². The van der Waals surface area contributed by atoms with Crippen LogP contribution in [0.1, 0.15) is 49.4 Å². The minimum Gasteiger partial charge on any atom is -0.342 e. The van der Waals surface area contributed by atoms with Gasteiger partial charge in [0.2, 0.25) is 0 Å². The van der Waals surface area contributed by atoms with Gasteiger partial charge in [-0.25, -0.2) is 8.78 Å². The molecule has 0 aliphatic carbocycles. The molecule has 0 fully saturated rings. The first kappa shape index (κ1) is 24.0. The van der Waals surface area contributed by atoms with Gasteiger partial charge in [0.1, 0.15) is 11.4 Å². The number of aromatic nitrogens is 5. The fourth-order valence-corrected chi connectivity index (χ4v) is 3.65. The number of H-pyrrole nitrogens is 2. The van der Waals surface area contributed by atoms with Crippen molar-refractivity contribution in [3.8, 4) is 0 Å². The summed E-state index contributed by atoms with van der Waals surface area (Å²) in [6.45, 7) is 3.76. The standard InChI is InChI=1S/C23H20ClF2N7O2/c1-11-3-5-13(6-4-11)7-18(21-12(2)29-33-32-21)27-23(35)19-10-20(31-30-19)28-22(34)14-8-16(25)17(26)9-15(14)24/h3-6,8-10,18H,7H2,1-2H3,(H,27,35)(H,29,32,33)(H2,28,30,31,34). The third-order valence-corrected chi connectivity index (χ3v) is 5.59. The average molecular weight is 500 g/mol. The van der Waals surface area contributed by atoms with Gasteiger partial charge in [-0.05, 0) is 38.0 Å². The summed E-state index contributed by atoms with van der Waals surface area (Å²) in [5.41, 5.74) is 3.11. The predicted molar refractivity (Wildman–Crippen MR) is 124 cm³/mol. The fraction of sp³-hybridized carbons (Fsp3) is 0.174. The third kappa shape index (κ3) is 5.52. The van der Waals surface area contributed by atoms with Gasteiger partial charge in [-0.15, -0.1) is 0 Å². The van der Waals surface area contributed by atoms with Crippen LogP contribution in [0.4, 0.5) is 14.6 Å². The van der Waals surface area contributed by atoms with E-state index in [9.17, 15) is 18.4 Å². The predicted octanol–water partition coefficient (Wildman–Crippen LogP) is 4.04. The molecule has 0 radical (unpaired) electrons. The quantitative estimate of drug-likeness (QED) is 0.285. The molecule has 0 spiro atoms. The van der Waals surface area contributed by atoms with Gasteiger partial charge in [0, 0.05) is 6.07 Å². The van der Waals surface area contributed by atoms with Crippen molar-refractivity contribution in [2.45, 2.75) is 26.3 Å². The second-order valence-electron chi connectivity index (χ2n) is 7.88. The van der Waals surface area contributed by atoms with Gasteiger partial charge in [0.25, 0.3) is 11.8 Å². The number of aromatic amines is 2. The number of amides is 2. The molecule has 1 unspecified atom stereocenters.